The fraction of sp³-hybridized carbons (Fsp3) is 0.786. The van der Waals surface area contributed by atoms with E-state index in [1.54, 1.807) is 9.13 Å². The van der Waals surface area contributed by atoms with E-state index in [0.717, 1.165) is 52.2 Å². The molecule has 5 nitrogen and oxygen atoms in total. The van der Waals surface area contributed by atoms with E-state index < -0.39 is 0 Å². The quantitative estimate of drug-likeness (QED) is 0.644. The van der Waals surface area contributed by atoms with E-state index in [1.165, 1.54) is 0 Å². The van der Waals surface area contributed by atoms with Crippen molar-refractivity contribution in [3.8, 4) is 0 Å². The number of likely N-dealkylation sites (N-methyl/N-ethyl adjacent to an activating group) is 1. The first kappa shape index (κ1) is 16.0. The fourth-order valence-electron chi connectivity index (χ4n) is 2.14. The maximum absolute atomic E-state index is 11.9. The van der Waals surface area contributed by atoms with Gasteiger partial charge in [0.1, 0.15) is 0 Å². The van der Waals surface area contributed by atoms with E-state index >= 15 is 0 Å². The second-order valence-electron chi connectivity index (χ2n) is 4.74. The fourth-order valence-corrected chi connectivity index (χ4v) is 2.14. The van der Waals surface area contributed by atoms with Crippen molar-refractivity contribution in [2.24, 2.45) is 0 Å². The Kier molecular flexibility index (Phi) is 7.52. The highest BCUT2D eigenvalue weighted by Crippen LogP contribution is 1.88. The summed E-state index contributed by atoms with van der Waals surface area (Å²) in [6.45, 7) is 13.1. The van der Waals surface area contributed by atoms with Crippen LogP contribution in [0.1, 0.15) is 27.2 Å². The van der Waals surface area contributed by atoms with Gasteiger partial charge in [-0.1, -0.05) is 20.8 Å². The van der Waals surface area contributed by atoms with Crippen molar-refractivity contribution in [2.45, 2.75) is 40.3 Å². The van der Waals surface area contributed by atoms with E-state index in [2.05, 4.69) is 31.0 Å². The molecule has 0 bridgehead atoms. The Balaban J connectivity index is 2.24. The Bertz CT molecular complexity index is 392. The lowest BCUT2D eigenvalue weighted by Gasteiger charge is -2.17. The highest BCUT2D eigenvalue weighted by molar-refractivity contribution is 4.81. The van der Waals surface area contributed by atoms with Crippen molar-refractivity contribution >= 4 is 0 Å². The van der Waals surface area contributed by atoms with Gasteiger partial charge in [-0.25, -0.2) is 4.79 Å². The molecular formula is C14H28N4O. The maximum Gasteiger partial charge on any atom is 0.328 e. The molecule has 0 aliphatic carbocycles. The molecule has 0 saturated carbocycles. The van der Waals surface area contributed by atoms with Gasteiger partial charge in [-0.3, -0.25) is 9.13 Å². The van der Waals surface area contributed by atoms with Gasteiger partial charge in [-0.15, -0.1) is 0 Å². The standard InChI is InChI=1S/C14H28N4O/c1-4-9-17-12-13-18(14(17)19)11-8-15-7-10-16(5-2)6-3/h12-13,15H,4-11H2,1-3H3. The number of rotatable bonds is 10. The highest BCUT2D eigenvalue weighted by atomic mass is 16.1. The third kappa shape index (κ3) is 5.20. The largest absolute Gasteiger partial charge is 0.328 e. The summed E-state index contributed by atoms with van der Waals surface area (Å²) in [7, 11) is 0. The summed E-state index contributed by atoms with van der Waals surface area (Å²) >= 11 is 0. The third-order valence-electron chi connectivity index (χ3n) is 3.41. The Labute approximate surface area is 116 Å². The first-order valence-corrected chi connectivity index (χ1v) is 7.41. The van der Waals surface area contributed by atoms with Gasteiger partial charge in [0.05, 0.1) is 0 Å². The monoisotopic (exact) mass is 268 g/mol. The SMILES string of the molecule is CCCn1ccn(CCNCCN(CC)CC)c1=O. The molecule has 0 atom stereocenters. The van der Waals surface area contributed by atoms with Crippen LogP contribution >= 0.6 is 0 Å². The molecule has 0 amide bonds. The molecule has 0 radical (unpaired) electrons. The van der Waals surface area contributed by atoms with Gasteiger partial charge in [0.15, 0.2) is 0 Å². The molecule has 0 fully saturated rings. The number of imidazole rings is 1. The molecule has 0 aliphatic heterocycles. The van der Waals surface area contributed by atoms with Crippen LogP contribution in [0.4, 0.5) is 0 Å². The summed E-state index contributed by atoms with van der Waals surface area (Å²) in [5.41, 5.74) is 0.104. The lowest BCUT2D eigenvalue weighted by molar-refractivity contribution is 0.302. The van der Waals surface area contributed by atoms with Gasteiger partial charge < -0.3 is 10.2 Å². The van der Waals surface area contributed by atoms with Crippen LogP contribution in [0.25, 0.3) is 0 Å². The van der Waals surface area contributed by atoms with Gasteiger partial charge in [0.2, 0.25) is 0 Å². The van der Waals surface area contributed by atoms with Crippen molar-refractivity contribution in [1.82, 2.24) is 19.4 Å². The van der Waals surface area contributed by atoms with Crippen molar-refractivity contribution in [3.63, 3.8) is 0 Å². The van der Waals surface area contributed by atoms with E-state index in [1.807, 2.05) is 12.4 Å². The van der Waals surface area contributed by atoms with Crippen LogP contribution in [0.5, 0.6) is 0 Å². The highest BCUT2D eigenvalue weighted by Gasteiger charge is 2.02. The molecule has 110 valence electrons. The Hall–Kier alpha value is -1.07. The van der Waals surface area contributed by atoms with Crippen LogP contribution in [0.3, 0.4) is 0 Å². The molecule has 1 rings (SSSR count). The average Bonchev–Trinajstić information content (AvgIpc) is 2.76. The van der Waals surface area contributed by atoms with Gasteiger partial charge in [-0.05, 0) is 19.5 Å². The van der Waals surface area contributed by atoms with E-state index in [9.17, 15) is 4.79 Å². The number of hydrogen-bond acceptors (Lipinski definition) is 3. The number of aryl methyl sites for hydroxylation is 1. The third-order valence-corrected chi connectivity index (χ3v) is 3.41. The Morgan fingerprint density at radius 3 is 2.26 bits per heavy atom. The summed E-state index contributed by atoms with van der Waals surface area (Å²) < 4.78 is 3.55. The first-order chi connectivity index (χ1) is 9.22. The van der Waals surface area contributed by atoms with Crippen LogP contribution in [0.2, 0.25) is 0 Å². The number of aromatic nitrogens is 2. The normalized spacial score (nSPS) is 11.4. The van der Waals surface area contributed by atoms with Gasteiger partial charge in [0.25, 0.3) is 0 Å². The zero-order valence-electron chi connectivity index (χ0n) is 12.6. The Morgan fingerprint density at radius 2 is 1.68 bits per heavy atom. The average molecular weight is 268 g/mol. The zero-order chi connectivity index (χ0) is 14.1. The number of nitrogens with zero attached hydrogens (tertiary/aromatic N) is 3. The minimum absolute atomic E-state index is 0.104. The van der Waals surface area contributed by atoms with Crippen molar-refractivity contribution in [1.29, 1.82) is 0 Å². The molecule has 1 aromatic rings. The molecule has 0 saturated heterocycles. The molecule has 5 heteroatoms. The van der Waals surface area contributed by atoms with Crippen LogP contribution in [-0.2, 0) is 13.1 Å². The van der Waals surface area contributed by atoms with Crippen molar-refractivity contribution in [2.75, 3.05) is 32.7 Å². The lowest BCUT2D eigenvalue weighted by atomic mass is 10.4. The second-order valence-corrected chi connectivity index (χ2v) is 4.74. The molecule has 0 spiro atoms. The molecule has 1 N–H and O–H groups in total. The molecule has 19 heavy (non-hydrogen) atoms. The molecule has 0 aliphatic rings. The summed E-state index contributed by atoms with van der Waals surface area (Å²) in [6, 6.07) is 0. The molecule has 1 heterocycles. The van der Waals surface area contributed by atoms with Gasteiger partial charge >= 0.3 is 5.69 Å². The summed E-state index contributed by atoms with van der Waals surface area (Å²) in [6.07, 6.45) is 4.75. The minimum atomic E-state index is 0.104. The van der Waals surface area contributed by atoms with E-state index in [-0.39, 0.29) is 5.69 Å². The molecular weight excluding hydrogens is 240 g/mol. The number of hydrogen-bond donors (Lipinski definition) is 1. The topological polar surface area (TPSA) is 42.2 Å². The molecule has 0 aromatic carbocycles. The predicted octanol–water partition coefficient (Wildman–Crippen LogP) is 0.991. The van der Waals surface area contributed by atoms with Crippen molar-refractivity contribution < 1.29 is 0 Å². The van der Waals surface area contributed by atoms with E-state index in [4.69, 9.17) is 0 Å². The maximum atomic E-state index is 11.9. The zero-order valence-corrected chi connectivity index (χ0v) is 12.6. The van der Waals surface area contributed by atoms with Crippen molar-refractivity contribution in [3.05, 3.63) is 22.9 Å². The van der Waals surface area contributed by atoms with Gasteiger partial charge in [-0.2, -0.15) is 0 Å². The van der Waals surface area contributed by atoms with Crippen LogP contribution in [0, 0.1) is 0 Å². The van der Waals surface area contributed by atoms with Gasteiger partial charge in [0, 0.05) is 45.1 Å². The lowest BCUT2D eigenvalue weighted by Crippen LogP contribution is -2.34. The summed E-state index contributed by atoms with van der Waals surface area (Å²) in [5.74, 6) is 0. The van der Waals surface area contributed by atoms with E-state index in [0.29, 0.717) is 0 Å². The Morgan fingerprint density at radius 1 is 1.05 bits per heavy atom. The summed E-state index contributed by atoms with van der Waals surface area (Å²) in [4.78, 5) is 14.3. The predicted molar refractivity (Wildman–Crippen MR) is 79.6 cm³/mol. The second kappa shape index (κ2) is 8.93. The summed E-state index contributed by atoms with van der Waals surface area (Å²) in [5, 5.41) is 3.39. The molecule has 0 unspecified atom stereocenters. The van der Waals surface area contributed by atoms with Crippen LogP contribution in [-0.4, -0.2) is 46.8 Å². The smallest absolute Gasteiger partial charge is 0.314 e. The molecule has 1 aromatic heterocycles. The first-order valence-electron chi connectivity index (χ1n) is 7.41. The number of nitrogens with one attached hydrogen (secondary N) is 1. The van der Waals surface area contributed by atoms with Crippen LogP contribution < -0.4 is 11.0 Å². The van der Waals surface area contributed by atoms with Crippen LogP contribution in [0.15, 0.2) is 17.2 Å². The minimum Gasteiger partial charge on any atom is -0.314 e.